The highest BCUT2D eigenvalue weighted by Crippen LogP contribution is 2.24. The summed E-state index contributed by atoms with van der Waals surface area (Å²) in [6.45, 7) is 8.72. The monoisotopic (exact) mass is 249 g/mol. The van der Waals surface area contributed by atoms with Crippen LogP contribution in [0.2, 0.25) is 0 Å². The number of esters is 1. The van der Waals surface area contributed by atoms with Crippen molar-refractivity contribution in [1.29, 1.82) is 0 Å². The lowest BCUT2D eigenvalue weighted by Crippen LogP contribution is -2.27. The molecule has 3 nitrogen and oxygen atoms in total. The summed E-state index contributed by atoms with van der Waals surface area (Å²) >= 11 is 0. The summed E-state index contributed by atoms with van der Waals surface area (Å²) in [5.74, 6) is -0.233. The summed E-state index contributed by atoms with van der Waals surface area (Å²) in [5, 5.41) is 2.99. The van der Waals surface area contributed by atoms with Crippen LogP contribution in [0.4, 0.5) is 0 Å². The second-order valence-electron chi connectivity index (χ2n) is 5.35. The van der Waals surface area contributed by atoms with Gasteiger partial charge in [0.2, 0.25) is 0 Å². The van der Waals surface area contributed by atoms with Crippen LogP contribution < -0.4 is 5.32 Å². The van der Waals surface area contributed by atoms with Gasteiger partial charge < -0.3 is 10.1 Å². The molecule has 0 saturated heterocycles. The normalized spacial score (nSPS) is 13.2. The lowest BCUT2D eigenvalue weighted by Gasteiger charge is -2.20. The molecule has 0 bridgehead atoms. The number of hydrogen-bond donors (Lipinski definition) is 1. The molecule has 0 aliphatic carbocycles. The Balaban J connectivity index is 2.92. The van der Waals surface area contributed by atoms with E-state index in [1.165, 1.54) is 5.56 Å². The minimum absolute atomic E-state index is 0.123. The highest BCUT2D eigenvalue weighted by Gasteiger charge is 2.20. The van der Waals surface area contributed by atoms with Gasteiger partial charge in [-0.25, -0.2) is 4.79 Å². The average molecular weight is 249 g/mol. The number of likely N-dealkylation sites (N-methyl/N-ethyl adjacent to an activating group) is 1. The number of benzene rings is 1. The molecule has 0 spiro atoms. The zero-order valence-corrected chi connectivity index (χ0v) is 11.9. The molecule has 0 fully saturated rings. The predicted molar refractivity (Wildman–Crippen MR) is 73.6 cm³/mol. The summed E-state index contributed by atoms with van der Waals surface area (Å²) in [6.07, 6.45) is 0. The van der Waals surface area contributed by atoms with Crippen LogP contribution in [-0.2, 0) is 14.9 Å². The Hall–Kier alpha value is -1.35. The Morgan fingerprint density at radius 2 is 1.83 bits per heavy atom. The first-order valence-electron chi connectivity index (χ1n) is 6.34. The molecule has 0 amide bonds. The van der Waals surface area contributed by atoms with E-state index in [2.05, 4.69) is 38.2 Å². The van der Waals surface area contributed by atoms with Crippen molar-refractivity contribution >= 4 is 5.97 Å². The molecular formula is C15H23NO2. The molecule has 0 aromatic heterocycles. The predicted octanol–water partition coefficient (Wildman–Crippen LogP) is 2.81. The van der Waals surface area contributed by atoms with Gasteiger partial charge in [-0.3, -0.25) is 0 Å². The molecular weight excluding hydrogens is 226 g/mol. The van der Waals surface area contributed by atoms with E-state index < -0.39 is 0 Å². The molecule has 0 saturated carbocycles. The third kappa shape index (κ3) is 3.57. The van der Waals surface area contributed by atoms with Crippen LogP contribution in [0.5, 0.6) is 0 Å². The first kappa shape index (κ1) is 14.7. The van der Waals surface area contributed by atoms with E-state index in [1.54, 1.807) is 7.05 Å². The maximum Gasteiger partial charge on any atom is 0.327 e. The van der Waals surface area contributed by atoms with Crippen molar-refractivity contribution in [2.24, 2.45) is 0 Å². The fourth-order valence-electron chi connectivity index (χ4n) is 1.82. The smallest absolute Gasteiger partial charge is 0.327 e. The summed E-state index contributed by atoms with van der Waals surface area (Å²) in [6, 6.07) is 7.72. The SMILES string of the molecule is CCOC(=O)C(NC)c1ccc(C(C)(C)C)cc1. The molecule has 0 aliphatic heterocycles. The quantitative estimate of drug-likeness (QED) is 0.834. The van der Waals surface area contributed by atoms with Gasteiger partial charge in [-0.2, -0.15) is 0 Å². The van der Waals surface area contributed by atoms with Crippen LogP contribution in [0.15, 0.2) is 24.3 Å². The van der Waals surface area contributed by atoms with Crippen molar-refractivity contribution in [3.05, 3.63) is 35.4 Å². The molecule has 0 heterocycles. The molecule has 18 heavy (non-hydrogen) atoms. The molecule has 1 aromatic rings. The number of ether oxygens (including phenoxy) is 1. The van der Waals surface area contributed by atoms with Crippen molar-refractivity contribution in [2.45, 2.75) is 39.2 Å². The largest absolute Gasteiger partial charge is 0.465 e. The van der Waals surface area contributed by atoms with Gasteiger partial charge >= 0.3 is 5.97 Å². The number of nitrogens with one attached hydrogen (secondary N) is 1. The molecule has 3 heteroatoms. The van der Waals surface area contributed by atoms with E-state index in [-0.39, 0.29) is 17.4 Å². The van der Waals surface area contributed by atoms with Crippen LogP contribution in [0, 0.1) is 0 Å². The van der Waals surface area contributed by atoms with Crippen molar-refractivity contribution in [2.75, 3.05) is 13.7 Å². The number of hydrogen-bond acceptors (Lipinski definition) is 3. The number of rotatable bonds is 4. The van der Waals surface area contributed by atoms with Crippen LogP contribution in [-0.4, -0.2) is 19.6 Å². The van der Waals surface area contributed by atoms with E-state index in [4.69, 9.17) is 4.74 Å². The van der Waals surface area contributed by atoms with Crippen molar-refractivity contribution in [1.82, 2.24) is 5.32 Å². The minimum atomic E-state index is -0.390. The first-order chi connectivity index (χ1) is 8.40. The van der Waals surface area contributed by atoms with Gasteiger partial charge in [0.25, 0.3) is 0 Å². The fraction of sp³-hybridized carbons (Fsp3) is 0.533. The molecule has 100 valence electrons. The lowest BCUT2D eigenvalue weighted by molar-refractivity contribution is -0.145. The van der Waals surface area contributed by atoms with Gasteiger partial charge in [0, 0.05) is 0 Å². The topological polar surface area (TPSA) is 38.3 Å². The molecule has 1 unspecified atom stereocenters. The average Bonchev–Trinajstić information content (AvgIpc) is 2.30. The Bertz CT molecular complexity index is 390. The minimum Gasteiger partial charge on any atom is -0.465 e. The Kier molecular flexibility index (Phi) is 4.91. The number of carbonyl (C=O) groups excluding carboxylic acids is 1. The Morgan fingerprint density at radius 3 is 2.22 bits per heavy atom. The lowest BCUT2D eigenvalue weighted by atomic mass is 9.86. The highest BCUT2D eigenvalue weighted by molar-refractivity contribution is 5.77. The summed E-state index contributed by atoms with van der Waals surface area (Å²) < 4.78 is 5.05. The van der Waals surface area contributed by atoms with Crippen LogP contribution in [0.3, 0.4) is 0 Å². The van der Waals surface area contributed by atoms with Gasteiger partial charge in [-0.15, -0.1) is 0 Å². The third-order valence-electron chi connectivity index (χ3n) is 2.92. The standard InChI is InChI=1S/C15H23NO2/c1-6-18-14(17)13(16-5)11-7-9-12(10-8-11)15(2,3)4/h7-10,13,16H,6H2,1-5H3. The van der Waals surface area contributed by atoms with E-state index in [1.807, 2.05) is 19.1 Å². The zero-order valence-electron chi connectivity index (χ0n) is 11.9. The summed E-state index contributed by atoms with van der Waals surface area (Å²) in [7, 11) is 1.76. The fourth-order valence-corrected chi connectivity index (χ4v) is 1.82. The Morgan fingerprint density at radius 1 is 1.28 bits per heavy atom. The van der Waals surface area contributed by atoms with Gasteiger partial charge in [0.05, 0.1) is 6.61 Å². The van der Waals surface area contributed by atoms with E-state index in [9.17, 15) is 4.79 Å². The highest BCUT2D eigenvalue weighted by atomic mass is 16.5. The van der Waals surface area contributed by atoms with E-state index >= 15 is 0 Å². The summed E-state index contributed by atoms with van der Waals surface area (Å²) in [4.78, 5) is 11.8. The third-order valence-corrected chi connectivity index (χ3v) is 2.92. The van der Waals surface area contributed by atoms with E-state index in [0.717, 1.165) is 5.56 Å². The van der Waals surface area contributed by atoms with E-state index in [0.29, 0.717) is 6.61 Å². The van der Waals surface area contributed by atoms with Crippen molar-refractivity contribution in [3.8, 4) is 0 Å². The van der Waals surface area contributed by atoms with Crippen molar-refractivity contribution in [3.63, 3.8) is 0 Å². The molecule has 1 N–H and O–H groups in total. The van der Waals surface area contributed by atoms with Gasteiger partial charge in [0.1, 0.15) is 6.04 Å². The molecule has 1 rings (SSSR count). The van der Waals surface area contributed by atoms with Gasteiger partial charge in [-0.1, -0.05) is 45.0 Å². The van der Waals surface area contributed by atoms with Crippen LogP contribution in [0.1, 0.15) is 44.9 Å². The number of carbonyl (C=O) groups is 1. The maximum atomic E-state index is 11.8. The second-order valence-corrected chi connectivity index (χ2v) is 5.35. The first-order valence-corrected chi connectivity index (χ1v) is 6.34. The van der Waals surface area contributed by atoms with Crippen LogP contribution in [0.25, 0.3) is 0 Å². The van der Waals surface area contributed by atoms with Crippen LogP contribution >= 0.6 is 0 Å². The Labute approximate surface area is 110 Å². The molecule has 1 aromatic carbocycles. The van der Waals surface area contributed by atoms with Gasteiger partial charge in [-0.05, 0) is 30.5 Å². The summed E-state index contributed by atoms with van der Waals surface area (Å²) in [5.41, 5.74) is 2.31. The second kappa shape index (κ2) is 6.01. The molecule has 1 atom stereocenters. The van der Waals surface area contributed by atoms with Crippen molar-refractivity contribution < 1.29 is 9.53 Å². The zero-order chi connectivity index (χ0) is 13.8. The molecule has 0 radical (unpaired) electrons. The van der Waals surface area contributed by atoms with Gasteiger partial charge in [0.15, 0.2) is 0 Å². The molecule has 0 aliphatic rings. The maximum absolute atomic E-state index is 11.8.